The summed E-state index contributed by atoms with van der Waals surface area (Å²) in [4.78, 5) is 47.3. The number of allylic oxidation sites excluding steroid dienone is 1. The molecule has 0 radical (unpaired) electrons. The van der Waals surface area contributed by atoms with Crippen LogP contribution in [-0.2, 0) is 22.7 Å². The Bertz CT molecular complexity index is 1860. The quantitative estimate of drug-likeness (QED) is 0.0908. The first kappa shape index (κ1) is 38.0. The van der Waals surface area contributed by atoms with Crippen LogP contribution >= 0.6 is 11.3 Å². The Balaban J connectivity index is 0.00000181. The normalized spacial score (nSPS) is 15.7. The number of nitrogens with zero attached hydrogens (tertiary/aromatic N) is 5. The third-order valence-electron chi connectivity index (χ3n) is 8.28. The van der Waals surface area contributed by atoms with E-state index in [1.54, 1.807) is 23.2 Å². The van der Waals surface area contributed by atoms with Gasteiger partial charge in [0.1, 0.15) is 11.6 Å². The molecule has 1 saturated heterocycles. The van der Waals surface area contributed by atoms with Gasteiger partial charge in [-0.1, -0.05) is 53.7 Å². The fourth-order valence-electron chi connectivity index (χ4n) is 5.78. The van der Waals surface area contributed by atoms with Crippen LogP contribution in [-0.4, -0.2) is 73.2 Å². The Morgan fingerprint density at radius 1 is 1.20 bits per heavy atom. The summed E-state index contributed by atoms with van der Waals surface area (Å²) >= 11 is 1.29. The number of likely N-dealkylation sites (tertiary alicyclic amines) is 1. The van der Waals surface area contributed by atoms with E-state index in [2.05, 4.69) is 42.5 Å². The zero-order chi connectivity index (χ0) is 36.6. The van der Waals surface area contributed by atoms with Gasteiger partial charge in [-0.25, -0.2) is 9.97 Å². The molecule has 1 aliphatic rings. The number of fused-ring (bicyclic) bond motifs is 1. The van der Waals surface area contributed by atoms with Crippen LogP contribution in [0.5, 0.6) is 0 Å². The van der Waals surface area contributed by atoms with E-state index in [4.69, 9.17) is 19.3 Å². The number of aromatic nitrogens is 3. The second-order valence-electron chi connectivity index (χ2n) is 14.3. The molecule has 2 atom stereocenters. The lowest BCUT2D eigenvalue weighted by molar-refractivity contribution is -0.127. The average molecular weight is 704 g/mol. The first-order chi connectivity index (χ1) is 23.7. The molecular weight excluding hydrogens is 659 g/mol. The number of carbonyl (C=O) groups excluding carboxylic acids is 2. The van der Waals surface area contributed by atoms with Crippen molar-refractivity contribution < 1.29 is 29.0 Å². The smallest absolute Gasteiger partial charge is 0.290 e. The molecule has 14 heteroatoms. The standard InChI is InChI=1S/C35H43N7O4S.CH2O2/c1-34(2,3)15-23(16-36)32(45)41-13-7-8-24(41)19-42-26-10-9-22(17-38-30(20-43)35(4,5)6)14-25(26)39-33(42)40-31(44)29-12-11-28(47-29)27-18-37-21-46-27;2-1-3/h9-12,14-15,18,21,24,30,38,43H,7-8,13,17,19-20H2,1-6H3,(H,39,40,44);1H,(H,2,3). The summed E-state index contributed by atoms with van der Waals surface area (Å²) in [5, 5.41) is 33.1. The summed E-state index contributed by atoms with van der Waals surface area (Å²) in [5.41, 5.74) is 2.21. The molecule has 1 aromatic carbocycles. The second-order valence-corrected chi connectivity index (χ2v) is 15.4. The van der Waals surface area contributed by atoms with Crippen molar-refractivity contribution in [2.75, 3.05) is 18.5 Å². The van der Waals surface area contributed by atoms with Gasteiger partial charge >= 0.3 is 0 Å². The summed E-state index contributed by atoms with van der Waals surface area (Å²) in [6.07, 6.45) is 6.26. The van der Waals surface area contributed by atoms with Crippen molar-refractivity contribution in [3.63, 3.8) is 0 Å². The van der Waals surface area contributed by atoms with E-state index in [9.17, 15) is 20.0 Å². The number of aliphatic hydroxyl groups is 1. The Kier molecular flexibility index (Phi) is 12.3. The lowest BCUT2D eigenvalue weighted by Crippen LogP contribution is -2.42. The van der Waals surface area contributed by atoms with E-state index in [0.29, 0.717) is 41.7 Å². The van der Waals surface area contributed by atoms with Gasteiger partial charge in [0.2, 0.25) is 5.95 Å². The van der Waals surface area contributed by atoms with Crippen LogP contribution in [0.1, 0.15) is 69.6 Å². The van der Waals surface area contributed by atoms with Crippen LogP contribution in [0.3, 0.4) is 0 Å². The molecule has 0 spiro atoms. The van der Waals surface area contributed by atoms with E-state index in [1.165, 1.54) is 17.7 Å². The number of hydrogen-bond acceptors (Lipinski definition) is 10. The monoisotopic (exact) mass is 703 g/mol. The summed E-state index contributed by atoms with van der Waals surface area (Å²) in [6.45, 7) is 13.4. The Morgan fingerprint density at radius 3 is 2.56 bits per heavy atom. The van der Waals surface area contributed by atoms with E-state index in [1.807, 2.05) is 49.6 Å². The number of nitriles is 1. The van der Waals surface area contributed by atoms with E-state index < -0.39 is 0 Å². The summed E-state index contributed by atoms with van der Waals surface area (Å²) in [5.74, 6) is 0.372. The van der Waals surface area contributed by atoms with E-state index in [-0.39, 0.29) is 53.4 Å². The van der Waals surface area contributed by atoms with Crippen LogP contribution in [0.4, 0.5) is 5.95 Å². The summed E-state index contributed by atoms with van der Waals surface area (Å²) in [7, 11) is 0. The molecule has 2 amide bonds. The molecule has 13 nitrogen and oxygen atoms in total. The highest BCUT2D eigenvalue weighted by Gasteiger charge is 2.33. The molecule has 50 heavy (non-hydrogen) atoms. The van der Waals surface area contributed by atoms with Crippen LogP contribution < -0.4 is 10.6 Å². The maximum atomic E-state index is 13.6. The zero-order valence-corrected chi connectivity index (χ0v) is 30.1. The van der Waals surface area contributed by atoms with Gasteiger partial charge in [-0.2, -0.15) is 5.26 Å². The van der Waals surface area contributed by atoms with Crippen molar-refractivity contribution in [3.05, 3.63) is 65.0 Å². The molecule has 0 saturated carbocycles. The predicted molar refractivity (Wildman–Crippen MR) is 191 cm³/mol. The van der Waals surface area contributed by atoms with Crippen molar-refractivity contribution in [1.82, 2.24) is 24.8 Å². The number of nitrogens with one attached hydrogen (secondary N) is 2. The van der Waals surface area contributed by atoms with Gasteiger partial charge in [-0.15, -0.1) is 11.3 Å². The molecule has 0 aliphatic carbocycles. The number of imidazole rings is 1. The lowest BCUT2D eigenvalue weighted by Gasteiger charge is -2.30. The number of thiophene rings is 1. The molecule has 0 bridgehead atoms. The van der Waals surface area contributed by atoms with Crippen molar-refractivity contribution in [1.29, 1.82) is 5.26 Å². The zero-order valence-electron chi connectivity index (χ0n) is 29.3. The number of hydrogen-bond donors (Lipinski definition) is 4. The molecule has 3 aromatic heterocycles. The Hall–Kier alpha value is -4.84. The highest BCUT2D eigenvalue weighted by molar-refractivity contribution is 7.17. The van der Waals surface area contributed by atoms with Gasteiger partial charge in [-0.05, 0) is 53.5 Å². The topological polar surface area (TPSA) is 187 Å². The molecular formula is C36H45N7O6S. The highest BCUT2D eigenvalue weighted by Crippen LogP contribution is 2.31. The molecule has 1 fully saturated rings. The minimum absolute atomic E-state index is 0.0203. The minimum atomic E-state index is -0.320. The minimum Gasteiger partial charge on any atom is -0.483 e. The molecule has 4 heterocycles. The van der Waals surface area contributed by atoms with Crippen LogP contribution in [0, 0.1) is 22.2 Å². The van der Waals surface area contributed by atoms with Gasteiger partial charge in [-0.3, -0.25) is 19.7 Å². The fourth-order valence-corrected chi connectivity index (χ4v) is 6.63. The third kappa shape index (κ3) is 9.44. The third-order valence-corrected chi connectivity index (χ3v) is 9.38. The van der Waals surface area contributed by atoms with Crippen LogP contribution in [0.25, 0.3) is 21.7 Å². The van der Waals surface area contributed by atoms with Gasteiger partial charge in [0, 0.05) is 25.7 Å². The maximum Gasteiger partial charge on any atom is 0.290 e. The number of anilines is 1. The first-order valence-corrected chi connectivity index (χ1v) is 17.2. The van der Waals surface area contributed by atoms with Gasteiger partial charge < -0.3 is 29.4 Å². The SMILES string of the molecule is CC(C)(C)C=C(C#N)C(=O)N1CCCC1Cn1c(NC(=O)c2ccc(-c3cnco3)s2)nc2cc(CNC(CO)C(C)(C)C)ccc21.O=CO. The van der Waals surface area contributed by atoms with E-state index >= 15 is 0 Å². The van der Waals surface area contributed by atoms with Crippen LogP contribution in [0.2, 0.25) is 0 Å². The van der Waals surface area contributed by atoms with Crippen molar-refractivity contribution in [2.24, 2.45) is 10.8 Å². The Labute approximate surface area is 295 Å². The van der Waals surface area contributed by atoms with Gasteiger partial charge in [0.15, 0.2) is 12.2 Å². The largest absolute Gasteiger partial charge is 0.483 e. The first-order valence-electron chi connectivity index (χ1n) is 16.3. The molecule has 266 valence electrons. The number of benzene rings is 1. The number of carbonyl (C=O) groups is 3. The van der Waals surface area contributed by atoms with Crippen molar-refractivity contribution in [3.8, 4) is 16.7 Å². The Morgan fingerprint density at radius 2 is 1.94 bits per heavy atom. The molecule has 5 rings (SSSR count). The van der Waals surface area contributed by atoms with Gasteiger partial charge in [0.25, 0.3) is 18.3 Å². The number of amides is 2. The average Bonchev–Trinajstić information content (AvgIpc) is 3.87. The highest BCUT2D eigenvalue weighted by atomic mass is 32.1. The molecule has 1 aliphatic heterocycles. The van der Waals surface area contributed by atoms with Crippen LogP contribution in [0.15, 0.2) is 59.0 Å². The lowest BCUT2D eigenvalue weighted by atomic mass is 9.87. The number of oxazole rings is 1. The summed E-state index contributed by atoms with van der Waals surface area (Å²) in [6, 6.07) is 11.4. The fraction of sp³-hybridized carbons (Fsp3) is 0.444. The number of rotatable bonds is 10. The molecule has 4 N–H and O–H groups in total. The van der Waals surface area contributed by atoms with Gasteiger partial charge in [0.05, 0.1) is 39.6 Å². The molecule has 2 unspecified atom stereocenters. The maximum absolute atomic E-state index is 13.6. The van der Waals surface area contributed by atoms with Crippen molar-refractivity contribution >= 4 is 46.6 Å². The van der Waals surface area contributed by atoms with Crippen molar-refractivity contribution in [2.45, 2.75) is 79.6 Å². The molecule has 4 aromatic rings. The summed E-state index contributed by atoms with van der Waals surface area (Å²) < 4.78 is 7.35. The van der Waals surface area contributed by atoms with E-state index in [0.717, 1.165) is 28.8 Å². The number of aliphatic hydroxyl groups excluding tert-OH is 1. The predicted octanol–water partition coefficient (Wildman–Crippen LogP) is 5.69. The number of carboxylic acid groups (broad SMARTS) is 1. The second kappa shape index (κ2) is 16.2.